The molecule has 0 unspecified atom stereocenters. The molecule has 0 amide bonds. The quantitative estimate of drug-likeness (QED) is 0.891. The molecular formula is C13H13BrFN3O. The van der Waals surface area contributed by atoms with E-state index in [0.717, 1.165) is 24.1 Å². The van der Waals surface area contributed by atoms with E-state index >= 15 is 0 Å². The van der Waals surface area contributed by atoms with Crippen molar-refractivity contribution in [3.63, 3.8) is 0 Å². The topological polar surface area (TPSA) is 60.2 Å². The van der Waals surface area contributed by atoms with Crippen LogP contribution < -0.4 is 11.1 Å². The molecule has 1 atom stereocenters. The zero-order chi connectivity index (χ0) is 13.4. The first-order valence-corrected chi connectivity index (χ1v) is 6.82. The van der Waals surface area contributed by atoms with Crippen LogP contribution in [0.2, 0.25) is 0 Å². The predicted molar refractivity (Wildman–Crippen MR) is 76.7 cm³/mol. The second-order valence-corrected chi connectivity index (χ2v) is 5.44. The summed E-state index contributed by atoms with van der Waals surface area (Å²) in [4.78, 5) is 4.17. The molecule has 100 valence electrons. The van der Waals surface area contributed by atoms with Gasteiger partial charge < -0.3 is 15.8 Å². The van der Waals surface area contributed by atoms with Crippen molar-refractivity contribution in [3.05, 3.63) is 28.5 Å². The summed E-state index contributed by atoms with van der Waals surface area (Å²) in [6, 6.07) is 4.83. The first-order chi connectivity index (χ1) is 9.13. The van der Waals surface area contributed by atoms with E-state index in [1.54, 1.807) is 6.07 Å². The third kappa shape index (κ3) is 2.50. The van der Waals surface area contributed by atoms with Gasteiger partial charge in [-0.3, -0.25) is 0 Å². The fourth-order valence-corrected chi connectivity index (χ4v) is 2.92. The number of aromatic nitrogens is 1. The SMILES string of the molecule is Nc1cc(N[C@H]2CCOC2)c2c(Br)cc(F)cc2n1. The van der Waals surface area contributed by atoms with Gasteiger partial charge in [-0.05, 0) is 28.4 Å². The number of rotatable bonds is 2. The summed E-state index contributed by atoms with van der Waals surface area (Å²) in [5.41, 5.74) is 7.17. The summed E-state index contributed by atoms with van der Waals surface area (Å²) in [7, 11) is 0. The molecule has 0 spiro atoms. The largest absolute Gasteiger partial charge is 0.384 e. The van der Waals surface area contributed by atoms with Crippen molar-refractivity contribution in [2.45, 2.75) is 12.5 Å². The van der Waals surface area contributed by atoms with Gasteiger partial charge in [0.1, 0.15) is 11.6 Å². The summed E-state index contributed by atoms with van der Waals surface area (Å²) in [6.07, 6.45) is 0.947. The molecule has 0 bridgehead atoms. The summed E-state index contributed by atoms with van der Waals surface area (Å²) < 4.78 is 19.4. The standard InChI is InChI=1S/C13H13BrFN3O/c14-9-3-7(15)4-10-13(9)11(5-12(16)18-10)17-8-1-2-19-6-8/h3-5,8H,1-2,6H2,(H3,16,17,18)/t8-/m0/s1. The smallest absolute Gasteiger partial charge is 0.126 e. The Balaban J connectivity index is 2.11. The number of benzene rings is 1. The van der Waals surface area contributed by atoms with Crippen LogP contribution in [-0.2, 0) is 4.74 Å². The lowest BCUT2D eigenvalue weighted by molar-refractivity contribution is 0.195. The van der Waals surface area contributed by atoms with Crippen LogP contribution in [-0.4, -0.2) is 24.2 Å². The first-order valence-electron chi connectivity index (χ1n) is 6.03. The predicted octanol–water partition coefficient (Wildman–Crippen LogP) is 2.92. The second kappa shape index (κ2) is 4.94. The van der Waals surface area contributed by atoms with Gasteiger partial charge >= 0.3 is 0 Å². The van der Waals surface area contributed by atoms with Gasteiger partial charge in [-0.15, -0.1) is 0 Å². The van der Waals surface area contributed by atoms with Crippen LogP contribution in [0, 0.1) is 5.82 Å². The molecule has 1 fully saturated rings. The molecule has 1 aromatic carbocycles. The molecule has 6 heteroatoms. The van der Waals surface area contributed by atoms with Crippen molar-refractivity contribution in [2.24, 2.45) is 0 Å². The van der Waals surface area contributed by atoms with E-state index in [1.807, 2.05) is 0 Å². The second-order valence-electron chi connectivity index (χ2n) is 4.58. The van der Waals surface area contributed by atoms with E-state index < -0.39 is 0 Å². The fraction of sp³-hybridized carbons (Fsp3) is 0.308. The van der Waals surface area contributed by atoms with Crippen molar-refractivity contribution < 1.29 is 9.13 Å². The van der Waals surface area contributed by atoms with Crippen molar-refractivity contribution in [3.8, 4) is 0 Å². The Morgan fingerprint density at radius 3 is 3.00 bits per heavy atom. The number of fused-ring (bicyclic) bond motifs is 1. The van der Waals surface area contributed by atoms with E-state index in [1.165, 1.54) is 12.1 Å². The highest BCUT2D eigenvalue weighted by molar-refractivity contribution is 9.10. The highest BCUT2D eigenvalue weighted by Gasteiger charge is 2.18. The average Bonchev–Trinajstić information content (AvgIpc) is 2.79. The van der Waals surface area contributed by atoms with E-state index in [-0.39, 0.29) is 11.9 Å². The molecule has 0 radical (unpaired) electrons. The molecular weight excluding hydrogens is 313 g/mol. The van der Waals surface area contributed by atoms with Gasteiger partial charge in [0, 0.05) is 34.3 Å². The molecule has 19 heavy (non-hydrogen) atoms. The number of hydrogen-bond acceptors (Lipinski definition) is 4. The van der Waals surface area contributed by atoms with Gasteiger partial charge in [0.15, 0.2) is 0 Å². The molecule has 0 aliphatic carbocycles. The number of hydrogen-bond donors (Lipinski definition) is 2. The Kier molecular flexibility index (Phi) is 3.28. The molecule has 2 aromatic rings. The van der Waals surface area contributed by atoms with Crippen LogP contribution in [0.15, 0.2) is 22.7 Å². The minimum Gasteiger partial charge on any atom is -0.384 e. The van der Waals surface area contributed by atoms with Crippen LogP contribution in [0.3, 0.4) is 0 Å². The monoisotopic (exact) mass is 325 g/mol. The Morgan fingerprint density at radius 1 is 1.42 bits per heavy atom. The molecule has 1 aromatic heterocycles. The number of nitrogens with one attached hydrogen (secondary N) is 1. The Morgan fingerprint density at radius 2 is 2.26 bits per heavy atom. The summed E-state index contributed by atoms with van der Waals surface area (Å²) >= 11 is 3.38. The van der Waals surface area contributed by atoms with Gasteiger partial charge in [0.25, 0.3) is 0 Å². The lowest BCUT2D eigenvalue weighted by Crippen LogP contribution is -2.19. The van der Waals surface area contributed by atoms with E-state index in [4.69, 9.17) is 10.5 Å². The van der Waals surface area contributed by atoms with E-state index in [9.17, 15) is 4.39 Å². The number of pyridine rings is 1. The van der Waals surface area contributed by atoms with Crippen LogP contribution in [0.4, 0.5) is 15.9 Å². The first kappa shape index (κ1) is 12.6. The Labute approximate surface area is 118 Å². The maximum Gasteiger partial charge on any atom is 0.126 e. The minimum absolute atomic E-state index is 0.252. The fourth-order valence-electron chi connectivity index (χ4n) is 2.29. The van der Waals surface area contributed by atoms with Crippen molar-refractivity contribution in [2.75, 3.05) is 24.3 Å². The van der Waals surface area contributed by atoms with Gasteiger partial charge in [0.05, 0.1) is 18.2 Å². The maximum atomic E-state index is 13.4. The normalized spacial score (nSPS) is 18.9. The molecule has 0 saturated carbocycles. The Hall–Kier alpha value is -1.40. The number of nitrogens with zero attached hydrogens (tertiary/aromatic N) is 1. The Bertz CT molecular complexity index is 624. The minimum atomic E-state index is -0.340. The highest BCUT2D eigenvalue weighted by Crippen LogP contribution is 2.33. The van der Waals surface area contributed by atoms with Gasteiger partial charge in [-0.1, -0.05) is 0 Å². The molecule has 1 aliphatic heterocycles. The van der Waals surface area contributed by atoms with E-state index in [2.05, 4.69) is 26.2 Å². The zero-order valence-corrected chi connectivity index (χ0v) is 11.7. The van der Waals surface area contributed by atoms with Crippen molar-refractivity contribution in [1.82, 2.24) is 4.98 Å². The molecule has 1 saturated heterocycles. The molecule has 1 aliphatic rings. The van der Waals surface area contributed by atoms with E-state index in [0.29, 0.717) is 22.4 Å². The molecule has 3 N–H and O–H groups in total. The van der Waals surface area contributed by atoms with Crippen molar-refractivity contribution in [1.29, 1.82) is 0 Å². The van der Waals surface area contributed by atoms with Crippen LogP contribution in [0.5, 0.6) is 0 Å². The zero-order valence-electron chi connectivity index (χ0n) is 10.1. The van der Waals surface area contributed by atoms with Gasteiger partial charge in [0.2, 0.25) is 0 Å². The van der Waals surface area contributed by atoms with Gasteiger partial charge in [-0.2, -0.15) is 0 Å². The molecule has 4 nitrogen and oxygen atoms in total. The summed E-state index contributed by atoms with van der Waals surface area (Å²) in [5.74, 6) is 0.0269. The molecule has 2 heterocycles. The van der Waals surface area contributed by atoms with Crippen LogP contribution >= 0.6 is 15.9 Å². The highest BCUT2D eigenvalue weighted by atomic mass is 79.9. The maximum absolute atomic E-state index is 13.4. The number of nitrogen functional groups attached to an aromatic ring is 1. The third-order valence-electron chi connectivity index (χ3n) is 3.13. The van der Waals surface area contributed by atoms with Crippen LogP contribution in [0.1, 0.15) is 6.42 Å². The third-order valence-corrected chi connectivity index (χ3v) is 3.76. The summed E-state index contributed by atoms with van der Waals surface area (Å²) in [5, 5.41) is 4.22. The average molecular weight is 326 g/mol. The summed E-state index contributed by atoms with van der Waals surface area (Å²) in [6.45, 7) is 1.43. The van der Waals surface area contributed by atoms with Crippen LogP contribution in [0.25, 0.3) is 10.9 Å². The number of nitrogens with two attached hydrogens (primary N) is 1. The molecule has 3 rings (SSSR count). The number of ether oxygens (including phenoxy) is 1. The lowest BCUT2D eigenvalue weighted by atomic mass is 10.1. The number of halogens is 2. The van der Waals surface area contributed by atoms with Crippen molar-refractivity contribution >= 4 is 38.3 Å². The van der Waals surface area contributed by atoms with Gasteiger partial charge in [-0.25, -0.2) is 9.37 Å². The lowest BCUT2D eigenvalue weighted by Gasteiger charge is -2.16. The number of anilines is 2.